The third kappa shape index (κ3) is 31.8. The third-order valence-electron chi connectivity index (χ3n) is 9.78. The van der Waals surface area contributed by atoms with Crippen LogP contribution in [0.4, 0.5) is 0 Å². The van der Waals surface area contributed by atoms with Crippen LogP contribution in [0.25, 0.3) is 0 Å². The molecule has 0 spiro atoms. The first kappa shape index (κ1) is 50.0. The van der Waals surface area contributed by atoms with Crippen LogP contribution in [0.5, 0.6) is 0 Å². The maximum Gasteiger partial charge on any atom is 0.0510 e. The van der Waals surface area contributed by atoms with Crippen molar-refractivity contribution < 1.29 is 4.74 Å². The van der Waals surface area contributed by atoms with E-state index in [1.54, 1.807) is 7.11 Å². The molecule has 0 radical (unpaired) electrons. The van der Waals surface area contributed by atoms with E-state index in [2.05, 4.69) is 160 Å². The lowest BCUT2D eigenvalue weighted by molar-refractivity contribution is 0.111. The Kier molecular flexibility index (Phi) is 22.3. The molecule has 0 aromatic rings. The molecule has 3 saturated carbocycles. The highest BCUT2D eigenvalue weighted by Crippen LogP contribution is 2.44. The van der Waals surface area contributed by atoms with Gasteiger partial charge in [-0.2, -0.15) is 0 Å². The van der Waals surface area contributed by atoms with Crippen molar-refractivity contribution >= 4 is 0 Å². The minimum absolute atomic E-state index is 0.328. The molecule has 0 aromatic carbocycles. The van der Waals surface area contributed by atoms with Crippen molar-refractivity contribution in [1.29, 1.82) is 0 Å². The van der Waals surface area contributed by atoms with Crippen LogP contribution in [-0.2, 0) is 4.74 Å². The smallest absolute Gasteiger partial charge is 0.0510 e. The lowest BCUT2D eigenvalue weighted by Crippen LogP contribution is -2.44. The summed E-state index contributed by atoms with van der Waals surface area (Å²) in [5.74, 6) is 2.14. The number of hydrogen-bond acceptors (Lipinski definition) is 4. The predicted molar refractivity (Wildman–Crippen MR) is 219 cm³/mol. The number of likely N-dealkylation sites (tertiary alicyclic amines) is 1. The van der Waals surface area contributed by atoms with Gasteiger partial charge in [-0.1, -0.05) is 81.6 Å². The highest BCUT2D eigenvalue weighted by Gasteiger charge is 2.33. The number of nitrogens with zero attached hydrogens (tertiary/aromatic N) is 3. The molecule has 0 amide bonds. The molecule has 4 aliphatic rings. The Hall–Kier alpha value is -0.160. The summed E-state index contributed by atoms with van der Waals surface area (Å²) in [5.41, 5.74) is 2.64. The summed E-state index contributed by atoms with van der Waals surface area (Å²) < 4.78 is 4.91. The summed E-state index contributed by atoms with van der Waals surface area (Å²) in [7, 11) is 8.11. The van der Waals surface area contributed by atoms with Crippen molar-refractivity contribution in [2.45, 2.75) is 211 Å². The lowest BCUT2D eigenvalue weighted by atomic mass is 9.90. The Morgan fingerprint density at radius 1 is 0.562 bits per heavy atom. The van der Waals surface area contributed by atoms with Crippen molar-refractivity contribution in [3.05, 3.63) is 0 Å². The van der Waals surface area contributed by atoms with Gasteiger partial charge in [0.2, 0.25) is 0 Å². The van der Waals surface area contributed by atoms with Crippen LogP contribution in [0.2, 0.25) is 0 Å². The molecule has 1 aliphatic heterocycles. The number of ether oxygens (including phenoxy) is 1. The van der Waals surface area contributed by atoms with E-state index in [0.29, 0.717) is 32.9 Å². The van der Waals surface area contributed by atoms with Gasteiger partial charge in [-0.3, -0.25) is 9.80 Å². The van der Waals surface area contributed by atoms with E-state index in [1.807, 2.05) is 0 Å². The van der Waals surface area contributed by atoms with Gasteiger partial charge in [0, 0.05) is 29.8 Å². The van der Waals surface area contributed by atoms with E-state index in [9.17, 15) is 0 Å². The first-order valence-electron chi connectivity index (χ1n) is 20.0. The predicted octanol–water partition coefficient (Wildman–Crippen LogP) is 12.5. The van der Waals surface area contributed by atoms with Gasteiger partial charge in [-0.05, 0) is 170 Å². The normalized spacial score (nSPS) is 19.2. The molecule has 0 unspecified atom stereocenters. The van der Waals surface area contributed by atoms with Gasteiger partial charge in [-0.15, -0.1) is 0 Å². The molecule has 48 heavy (non-hydrogen) atoms. The summed E-state index contributed by atoms with van der Waals surface area (Å²) in [6.07, 6.45) is 14.4. The minimum Gasteiger partial charge on any atom is -0.384 e. The van der Waals surface area contributed by atoms with Crippen LogP contribution in [0.15, 0.2) is 0 Å². The molecule has 0 atom stereocenters. The van der Waals surface area contributed by atoms with Crippen molar-refractivity contribution in [1.82, 2.24) is 14.7 Å². The van der Waals surface area contributed by atoms with E-state index < -0.39 is 0 Å². The quantitative estimate of drug-likeness (QED) is 0.295. The molecule has 0 N–H and O–H groups in total. The molecule has 3 aliphatic carbocycles. The third-order valence-corrected chi connectivity index (χ3v) is 9.78. The van der Waals surface area contributed by atoms with Crippen molar-refractivity contribution in [3.8, 4) is 0 Å². The Morgan fingerprint density at radius 2 is 0.979 bits per heavy atom. The van der Waals surface area contributed by atoms with Gasteiger partial charge >= 0.3 is 0 Å². The van der Waals surface area contributed by atoms with Gasteiger partial charge in [0.25, 0.3) is 0 Å². The zero-order valence-electron chi connectivity index (χ0n) is 37.7. The Morgan fingerprint density at radius 3 is 1.08 bits per heavy atom. The largest absolute Gasteiger partial charge is 0.384 e. The zero-order chi connectivity index (χ0) is 38.4. The zero-order valence-corrected chi connectivity index (χ0v) is 37.7. The maximum absolute atomic E-state index is 4.91. The van der Waals surface area contributed by atoms with E-state index in [4.69, 9.17) is 4.74 Å². The maximum atomic E-state index is 4.91. The fourth-order valence-corrected chi connectivity index (χ4v) is 5.14. The standard InChI is InChI=1S/C9H19N.C8H17N.C8H16.C7H14.C6H15N.C6H14O/c1-9(2,3)10-7-5-4-6-8-10;1-8(2,3)9(4)7-5-6-7;1-8(2,3)6-7-4-5-7;1-7(2,3)6-4-5-6;1-6(2,3)7(4)5;1-6(2,3)5-7-4/h4-8H2,1-3H3;7H,5-6H2,1-4H3;7H,4-6H2,1-3H3;6H,4-5H2,1-3H3;1-5H3;5H2,1-4H3. The average molecular weight is 682 g/mol. The molecule has 4 fully saturated rings. The first-order valence-corrected chi connectivity index (χ1v) is 20.0. The summed E-state index contributed by atoms with van der Waals surface area (Å²) in [6.45, 7) is 44.1. The van der Waals surface area contributed by atoms with Gasteiger partial charge < -0.3 is 9.64 Å². The van der Waals surface area contributed by atoms with Gasteiger partial charge in [-0.25, -0.2) is 0 Å². The lowest BCUT2D eigenvalue weighted by Gasteiger charge is -2.38. The number of rotatable bonds is 3. The molecular formula is C44H95N3O. The van der Waals surface area contributed by atoms with E-state index in [1.165, 1.54) is 77.3 Å². The van der Waals surface area contributed by atoms with Crippen LogP contribution in [0, 0.1) is 28.1 Å². The van der Waals surface area contributed by atoms with E-state index >= 15 is 0 Å². The molecule has 1 saturated heterocycles. The van der Waals surface area contributed by atoms with Crippen LogP contribution < -0.4 is 0 Å². The van der Waals surface area contributed by atoms with Gasteiger partial charge in [0.1, 0.15) is 0 Å². The molecule has 1 heterocycles. The van der Waals surface area contributed by atoms with Crippen molar-refractivity contribution in [2.75, 3.05) is 47.9 Å². The second-order valence-electron chi connectivity index (χ2n) is 22.1. The highest BCUT2D eigenvalue weighted by molar-refractivity contribution is 4.89. The average Bonchev–Trinajstić information content (AvgIpc) is 3.72. The minimum atomic E-state index is 0.328. The summed E-state index contributed by atoms with van der Waals surface area (Å²) in [5, 5.41) is 0. The number of methoxy groups -OCH3 is 1. The molecule has 0 aromatic heterocycles. The molecule has 292 valence electrons. The molecule has 0 bridgehead atoms. The van der Waals surface area contributed by atoms with Crippen molar-refractivity contribution in [2.24, 2.45) is 28.1 Å². The van der Waals surface area contributed by atoms with Crippen molar-refractivity contribution in [3.63, 3.8) is 0 Å². The number of hydrogen-bond donors (Lipinski definition) is 0. The molecule has 4 nitrogen and oxygen atoms in total. The Balaban J connectivity index is 0. The summed E-state index contributed by atoms with van der Waals surface area (Å²) in [4.78, 5) is 7.23. The first-order chi connectivity index (χ1) is 21.3. The summed E-state index contributed by atoms with van der Waals surface area (Å²) >= 11 is 0. The second-order valence-corrected chi connectivity index (χ2v) is 22.1. The van der Waals surface area contributed by atoms with Gasteiger partial charge in [0.05, 0.1) is 6.61 Å². The monoisotopic (exact) mass is 682 g/mol. The Labute approximate surface area is 306 Å². The fraction of sp³-hybridized carbons (Fsp3) is 1.00. The highest BCUT2D eigenvalue weighted by atomic mass is 16.5. The SMILES string of the molecule is CC(C)(C)C1CC1.CC(C)(C)CC1CC1.CC(C)(C)N1CCCCC1.CN(C)C(C)(C)C.CN(C1CC1)C(C)(C)C.COCC(C)(C)C. The van der Waals surface area contributed by atoms with E-state index in [0.717, 1.165) is 24.5 Å². The van der Waals surface area contributed by atoms with Gasteiger partial charge in [0.15, 0.2) is 0 Å². The molecule has 4 rings (SSSR count). The topological polar surface area (TPSA) is 19.0 Å². The van der Waals surface area contributed by atoms with E-state index in [-0.39, 0.29) is 0 Å². The van der Waals surface area contributed by atoms with Crippen LogP contribution in [-0.4, -0.2) is 85.3 Å². The van der Waals surface area contributed by atoms with Crippen LogP contribution in [0.1, 0.15) is 189 Å². The summed E-state index contributed by atoms with van der Waals surface area (Å²) in [6, 6.07) is 0.894. The molecular weight excluding hydrogens is 587 g/mol. The Bertz CT molecular complexity index is 762. The van der Waals surface area contributed by atoms with Crippen LogP contribution >= 0.6 is 0 Å². The molecule has 4 heteroatoms. The fourth-order valence-electron chi connectivity index (χ4n) is 5.14. The second kappa shape index (κ2) is 21.4. The van der Waals surface area contributed by atoms with Crippen LogP contribution in [0.3, 0.4) is 0 Å². The number of piperidine rings is 1.